The van der Waals surface area contributed by atoms with E-state index < -0.39 is 0 Å². The topological polar surface area (TPSA) is 6.48 Å². The van der Waals surface area contributed by atoms with Gasteiger partial charge >= 0.3 is 0 Å². The Morgan fingerprint density at radius 2 is 2.15 bits per heavy atom. The van der Waals surface area contributed by atoms with E-state index in [4.69, 9.17) is 0 Å². The zero-order valence-corrected chi connectivity index (χ0v) is 9.42. The van der Waals surface area contributed by atoms with Crippen LogP contribution in [0.4, 0.5) is 0 Å². The Kier molecular flexibility index (Phi) is 4.74. The fourth-order valence-electron chi connectivity index (χ4n) is 2.11. The lowest BCUT2D eigenvalue weighted by Gasteiger charge is -2.32. The predicted octanol–water partition coefficient (Wildman–Crippen LogP) is 1.67. The lowest BCUT2D eigenvalue weighted by atomic mass is 9.95. The molecule has 0 radical (unpaired) electrons. The highest BCUT2D eigenvalue weighted by molar-refractivity contribution is 4.72. The molecule has 0 amide bonds. The molecule has 1 aliphatic heterocycles. The van der Waals surface area contributed by atoms with Crippen molar-refractivity contribution in [1.82, 2.24) is 9.80 Å². The lowest BCUT2D eigenvalue weighted by molar-refractivity contribution is 0.168. The van der Waals surface area contributed by atoms with Crippen molar-refractivity contribution in [3.63, 3.8) is 0 Å². The molecule has 78 valence electrons. The minimum absolute atomic E-state index is 0.955. The summed E-state index contributed by atoms with van der Waals surface area (Å²) in [6, 6.07) is 0. The number of rotatable bonds is 4. The van der Waals surface area contributed by atoms with Crippen molar-refractivity contribution in [3.8, 4) is 0 Å². The summed E-state index contributed by atoms with van der Waals surface area (Å²) in [4.78, 5) is 4.88. The average Bonchev–Trinajstić information content (AvgIpc) is 2.15. The van der Waals surface area contributed by atoms with Gasteiger partial charge in [-0.1, -0.05) is 6.92 Å². The number of hydrogen-bond donors (Lipinski definition) is 0. The summed E-state index contributed by atoms with van der Waals surface area (Å²) in [6.45, 7) is 7.42. The summed E-state index contributed by atoms with van der Waals surface area (Å²) in [5, 5.41) is 0. The van der Waals surface area contributed by atoms with Crippen LogP contribution in [0.25, 0.3) is 0 Å². The second-order valence-electron chi connectivity index (χ2n) is 4.49. The average molecular weight is 184 g/mol. The van der Waals surface area contributed by atoms with Crippen LogP contribution in [0.1, 0.15) is 26.2 Å². The van der Waals surface area contributed by atoms with Crippen LogP contribution in [0, 0.1) is 5.92 Å². The normalized spacial score (nSPS) is 25.4. The van der Waals surface area contributed by atoms with Gasteiger partial charge < -0.3 is 9.80 Å². The van der Waals surface area contributed by atoms with Gasteiger partial charge in [-0.15, -0.1) is 0 Å². The monoisotopic (exact) mass is 184 g/mol. The standard InChI is InChI=1S/C11H24N2/c1-4-13-8-5-6-11(10-13)7-9-12(2)3/h11H,4-10H2,1-3H3. The smallest absolute Gasteiger partial charge is 0.00100 e. The molecule has 13 heavy (non-hydrogen) atoms. The molecule has 1 fully saturated rings. The molecule has 0 bridgehead atoms. The molecule has 0 N–H and O–H groups in total. The summed E-state index contributed by atoms with van der Waals surface area (Å²) < 4.78 is 0. The Morgan fingerprint density at radius 3 is 2.77 bits per heavy atom. The summed E-state index contributed by atoms with van der Waals surface area (Å²) in [5.74, 6) is 0.955. The quantitative estimate of drug-likeness (QED) is 0.656. The van der Waals surface area contributed by atoms with Gasteiger partial charge in [-0.05, 0) is 58.9 Å². The maximum absolute atomic E-state index is 2.59. The van der Waals surface area contributed by atoms with E-state index in [1.807, 2.05) is 0 Å². The first-order chi connectivity index (χ1) is 6.22. The van der Waals surface area contributed by atoms with Gasteiger partial charge in [0.2, 0.25) is 0 Å². The highest BCUT2D eigenvalue weighted by Gasteiger charge is 2.18. The van der Waals surface area contributed by atoms with Gasteiger partial charge in [-0.2, -0.15) is 0 Å². The van der Waals surface area contributed by atoms with Crippen molar-refractivity contribution in [2.75, 3.05) is 40.3 Å². The second-order valence-corrected chi connectivity index (χ2v) is 4.49. The maximum Gasteiger partial charge on any atom is 0.00100 e. The SMILES string of the molecule is CCN1CCCC(CCN(C)C)C1. The predicted molar refractivity (Wildman–Crippen MR) is 58.0 cm³/mol. The second kappa shape index (κ2) is 5.61. The third kappa shape index (κ3) is 4.10. The molecule has 0 aromatic rings. The third-order valence-corrected chi connectivity index (χ3v) is 3.03. The molecule has 1 aliphatic rings. The molecule has 0 aromatic carbocycles. The van der Waals surface area contributed by atoms with Crippen molar-refractivity contribution >= 4 is 0 Å². The molecule has 2 nitrogen and oxygen atoms in total. The molecule has 1 saturated heterocycles. The van der Waals surface area contributed by atoms with E-state index in [1.54, 1.807) is 0 Å². The third-order valence-electron chi connectivity index (χ3n) is 3.03. The Balaban J connectivity index is 2.18. The van der Waals surface area contributed by atoms with Gasteiger partial charge in [0.05, 0.1) is 0 Å². The molecule has 1 atom stereocenters. The van der Waals surface area contributed by atoms with Gasteiger partial charge in [-0.25, -0.2) is 0 Å². The van der Waals surface area contributed by atoms with Crippen LogP contribution in [-0.4, -0.2) is 50.1 Å². The van der Waals surface area contributed by atoms with Gasteiger partial charge in [0.1, 0.15) is 0 Å². The molecule has 0 spiro atoms. The van der Waals surface area contributed by atoms with E-state index in [2.05, 4.69) is 30.8 Å². The van der Waals surface area contributed by atoms with Crippen LogP contribution >= 0.6 is 0 Å². The molecule has 1 rings (SSSR count). The highest BCUT2D eigenvalue weighted by atomic mass is 15.1. The van der Waals surface area contributed by atoms with Crippen LogP contribution in [0.15, 0.2) is 0 Å². The Bertz CT molecular complexity index is 134. The number of piperidine rings is 1. The molecule has 0 aromatic heterocycles. The molecule has 1 heterocycles. The van der Waals surface area contributed by atoms with Gasteiger partial charge in [0.25, 0.3) is 0 Å². The first kappa shape index (κ1) is 11.0. The maximum atomic E-state index is 2.59. The Morgan fingerprint density at radius 1 is 1.38 bits per heavy atom. The van der Waals surface area contributed by atoms with Crippen molar-refractivity contribution in [2.45, 2.75) is 26.2 Å². The Labute approximate surface area is 82.9 Å². The van der Waals surface area contributed by atoms with Crippen LogP contribution in [0.5, 0.6) is 0 Å². The summed E-state index contributed by atoms with van der Waals surface area (Å²) >= 11 is 0. The van der Waals surface area contributed by atoms with Gasteiger partial charge in [0.15, 0.2) is 0 Å². The van der Waals surface area contributed by atoms with Crippen LogP contribution in [0.2, 0.25) is 0 Å². The van der Waals surface area contributed by atoms with Crippen molar-refractivity contribution < 1.29 is 0 Å². The number of likely N-dealkylation sites (tertiary alicyclic amines) is 1. The molecule has 0 aliphatic carbocycles. The van der Waals surface area contributed by atoms with E-state index in [1.165, 1.54) is 45.4 Å². The van der Waals surface area contributed by atoms with E-state index in [9.17, 15) is 0 Å². The fourth-order valence-corrected chi connectivity index (χ4v) is 2.11. The number of nitrogens with zero attached hydrogens (tertiary/aromatic N) is 2. The molecule has 0 saturated carbocycles. The van der Waals surface area contributed by atoms with Gasteiger partial charge in [-0.3, -0.25) is 0 Å². The molecule has 1 unspecified atom stereocenters. The summed E-state index contributed by atoms with van der Waals surface area (Å²) in [6.07, 6.45) is 4.24. The fraction of sp³-hybridized carbons (Fsp3) is 1.00. The van der Waals surface area contributed by atoms with E-state index >= 15 is 0 Å². The molecule has 2 heteroatoms. The van der Waals surface area contributed by atoms with Crippen LogP contribution < -0.4 is 0 Å². The minimum Gasteiger partial charge on any atom is -0.309 e. The largest absolute Gasteiger partial charge is 0.309 e. The van der Waals surface area contributed by atoms with Crippen molar-refractivity contribution in [2.24, 2.45) is 5.92 Å². The summed E-state index contributed by atoms with van der Waals surface area (Å²) in [7, 11) is 4.33. The Hall–Kier alpha value is -0.0800. The van der Waals surface area contributed by atoms with E-state index in [0.29, 0.717) is 0 Å². The first-order valence-corrected chi connectivity index (χ1v) is 5.59. The van der Waals surface area contributed by atoms with Gasteiger partial charge in [0, 0.05) is 6.54 Å². The van der Waals surface area contributed by atoms with E-state index in [-0.39, 0.29) is 0 Å². The van der Waals surface area contributed by atoms with Crippen molar-refractivity contribution in [3.05, 3.63) is 0 Å². The summed E-state index contributed by atoms with van der Waals surface area (Å²) in [5.41, 5.74) is 0. The molecular weight excluding hydrogens is 160 g/mol. The van der Waals surface area contributed by atoms with Crippen LogP contribution in [0.3, 0.4) is 0 Å². The first-order valence-electron chi connectivity index (χ1n) is 5.59. The van der Waals surface area contributed by atoms with E-state index in [0.717, 1.165) is 5.92 Å². The van der Waals surface area contributed by atoms with Crippen LogP contribution in [-0.2, 0) is 0 Å². The lowest BCUT2D eigenvalue weighted by Crippen LogP contribution is -2.36. The van der Waals surface area contributed by atoms with Crippen molar-refractivity contribution in [1.29, 1.82) is 0 Å². The molecular formula is C11H24N2. The zero-order valence-electron chi connectivity index (χ0n) is 9.42. The minimum atomic E-state index is 0.955. The zero-order chi connectivity index (χ0) is 9.68. The number of hydrogen-bond acceptors (Lipinski definition) is 2. The highest BCUT2D eigenvalue weighted by Crippen LogP contribution is 2.19.